The molecule has 32 heavy (non-hydrogen) atoms. The number of ether oxygens (including phenoxy) is 4. The average molecular weight is 440 g/mol. The second-order valence-electron chi connectivity index (χ2n) is 7.20. The third kappa shape index (κ3) is 5.32. The Labute approximate surface area is 187 Å². The Morgan fingerprint density at radius 3 is 2.28 bits per heavy atom. The lowest BCUT2D eigenvalue weighted by Crippen LogP contribution is -2.32. The summed E-state index contributed by atoms with van der Waals surface area (Å²) in [5.74, 6) is 2.19. The van der Waals surface area contributed by atoms with Gasteiger partial charge in [0.15, 0.2) is 23.0 Å². The Hall–Kier alpha value is -3.68. The molecule has 0 aliphatic carbocycles. The molecule has 2 aromatic rings. The Kier molecular flexibility index (Phi) is 7.59. The summed E-state index contributed by atoms with van der Waals surface area (Å²) in [7, 11) is 6.27. The van der Waals surface area contributed by atoms with Crippen LogP contribution in [0.2, 0.25) is 0 Å². The van der Waals surface area contributed by atoms with Gasteiger partial charge in [-0.05, 0) is 47.0 Å². The van der Waals surface area contributed by atoms with Gasteiger partial charge in [0, 0.05) is 25.7 Å². The molecule has 0 saturated carbocycles. The highest BCUT2D eigenvalue weighted by Crippen LogP contribution is 2.32. The molecule has 2 aromatic carbocycles. The summed E-state index contributed by atoms with van der Waals surface area (Å²) >= 11 is 0. The first-order chi connectivity index (χ1) is 15.5. The van der Waals surface area contributed by atoms with Crippen LogP contribution >= 0.6 is 0 Å². The monoisotopic (exact) mass is 440 g/mol. The van der Waals surface area contributed by atoms with E-state index in [2.05, 4.69) is 5.32 Å². The number of hydrogen-bond acceptors (Lipinski definition) is 6. The van der Waals surface area contributed by atoms with Crippen molar-refractivity contribution in [2.75, 3.05) is 35.0 Å². The molecule has 0 spiro atoms. The Morgan fingerprint density at radius 1 is 0.938 bits per heavy atom. The van der Waals surface area contributed by atoms with Crippen LogP contribution in [0.5, 0.6) is 23.0 Å². The van der Waals surface area contributed by atoms with Crippen LogP contribution in [0.25, 0.3) is 6.08 Å². The van der Waals surface area contributed by atoms with Gasteiger partial charge in [-0.15, -0.1) is 0 Å². The van der Waals surface area contributed by atoms with Crippen molar-refractivity contribution in [1.29, 1.82) is 0 Å². The number of nitrogens with one attached hydrogen (secondary N) is 1. The lowest BCUT2D eigenvalue weighted by atomic mass is 10.0. The van der Waals surface area contributed by atoms with Crippen LogP contribution in [0.3, 0.4) is 0 Å². The van der Waals surface area contributed by atoms with Gasteiger partial charge in [0.25, 0.3) is 0 Å². The average Bonchev–Trinajstić information content (AvgIpc) is 2.97. The summed E-state index contributed by atoms with van der Waals surface area (Å²) in [5, 5.41) is 2.87. The quantitative estimate of drug-likeness (QED) is 0.645. The van der Waals surface area contributed by atoms with E-state index in [0.29, 0.717) is 29.5 Å². The number of fused-ring (bicyclic) bond motifs is 1. The maximum absolute atomic E-state index is 12.7. The normalized spacial score (nSPS) is 12.6. The molecule has 0 bridgehead atoms. The molecule has 1 N–H and O–H groups in total. The second kappa shape index (κ2) is 10.6. The number of amides is 2. The van der Waals surface area contributed by atoms with Crippen molar-refractivity contribution in [3.05, 3.63) is 53.2 Å². The van der Waals surface area contributed by atoms with E-state index in [4.69, 9.17) is 18.9 Å². The van der Waals surface area contributed by atoms with Gasteiger partial charge in [-0.2, -0.15) is 0 Å². The van der Waals surface area contributed by atoms with Crippen molar-refractivity contribution >= 4 is 17.9 Å². The van der Waals surface area contributed by atoms with Crippen LogP contribution in [0.4, 0.5) is 0 Å². The molecule has 1 heterocycles. The third-order valence-corrected chi connectivity index (χ3v) is 5.26. The molecule has 0 radical (unpaired) electrons. The van der Waals surface area contributed by atoms with Gasteiger partial charge in [0.2, 0.25) is 11.8 Å². The minimum atomic E-state index is -0.147. The zero-order valence-corrected chi connectivity index (χ0v) is 18.8. The Morgan fingerprint density at radius 2 is 1.59 bits per heavy atom. The molecular formula is C24H28N2O6. The molecule has 8 nitrogen and oxygen atoms in total. The van der Waals surface area contributed by atoms with Crippen LogP contribution in [-0.2, 0) is 22.6 Å². The number of nitrogens with zero attached hydrogens (tertiary/aromatic N) is 1. The van der Waals surface area contributed by atoms with Crippen LogP contribution in [0.15, 0.2) is 36.5 Å². The fourth-order valence-corrected chi connectivity index (χ4v) is 3.46. The van der Waals surface area contributed by atoms with Crippen molar-refractivity contribution < 1.29 is 28.5 Å². The number of carbonyl (C=O) groups is 2. The SMILES string of the molecule is COc1ccc(CNC(=O)CCN2C=Cc3cc(OC)c(OC)cc3CC2=O)cc1OC. The lowest BCUT2D eigenvalue weighted by molar-refractivity contribution is -0.128. The molecule has 0 saturated heterocycles. The minimum absolute atomic E-state index is 0.0834. The van der Waals surface area contributed by atoms with Crippen molar-refractivity contribution in [2.45, 2.75) is 19.4 Å². The minimum Gasteiger partial charge on any atom is -0.493 e. The first kappa shape index (κ1) is 23.0. The number of methoxy groups -OCH3 is 4. The summed E-state index contributed by atoms with van der Waals surface area (Å²) in [6.07, 6.45) is 3.97. The topological polar surface area (TPSA) is 86.3 Å². The highest BCUT2D eigenvalue weighted by atomic mass is 16.5. The van der Waals surface area contributed by atoms with Gasteiger partial charge < -0.3 is 29.2 Å². The van der Waals surface area contributed by atoms with E-state index in [1.54, 1.807) is 45.6 Å². The van der Waals surface area contributed by atoms with Gasteiger partial charge in [-0.25, -0.2) is 0 Å². The molecule has 0 fully saturated rings. The predicted molar refractivity (Wildman–Crippen MR) is 120 cm³/mol. The summed E-state index contributed by atoms with van der Waals surface area (Å²) in [5.41, 5.74) is 2.63. The zero-order valence-electron chi connectivity index (χ0n) is 18.8. The molecule has 1 aliphatic heterocycles. The van der Waals surface area contributed by atoms with Crippen molar-refractivity contribution in [3.63, 3.8) is 0 Å². The van der Waals surface area contributed by atoms with Crippen LogP contribution in [-0.4, -0.2) is 51.7 Å². The molecule has 0 unspecified atom stereocenters. The second-order valence-corrected chi connectivity index (χ2v) is 7.20. The van der Waals surface area contributed by atoms with Gasteiger partial charge in [-0.1, -0.05) is 6.07 Å². The van der Waals surface area contributed by atoms with E-state index in [-0.39, 0.29) is 31.2 Å². The molecule has 0 atom stereocenters. The molecule has 3 rings (SSSR count). The molecule has 170 valence electrons. The summed E-state index contributed by atoms with van der Waals surface area (Å²) in [6, 6.07) is 9.14. The smallest absolute Gasteiger partial charge is 0.230 e. The molecule has 0 aromatic heterocycles. The first-order valence-corrected chi connectivity index (χ1v) is 10.2. The van der Waals surface area contributed by atoms with E-state index in [1.807, 2.05) is 30.3 Å². The van der Waals surface area contributed by atoms with Gasteiger partial charge in [-0.3, -0.25) is 9.59 Å². The molecular weight excluding hydrogens is 412 g/mol. The highest BCUT2D eigenvalue weighted by molar-refractivity contribution is 5.85. The standard InChI is InChI=1S/C24H28N2O6/c1-29-19-6-5-16(11-20(19)30-2)15-25-23(27)8-10-26-9-7-17-12-21(31-3)22(32-4)13-18(17)14-24(26)28/h5-7,9,11-13H,8,10,14-15H2,1-4H3,(H,25,27). The maximum Gasteiger partial charge on any atom is 0.230 e. The molecule has 1 aliphatic rings. The number of hydrogen-bond donors (Lipinski definition) is 1. The van der Waals surface area contributed by atoms with Gasteiger partial charge in [0.1, 0.15) is 0 Å². The maximum atomic E-state index is 12.7. The zero-order chi connectivity index (χ0) is 23.1. The Bertz CT molecular complexity index is 1020. The van der Waals surface area contributed by atoms with Gasteiger partial charge >= 0.3 is 0 Å². The van der Waals surface area contributed by atoms with Crippen LogP contribution < -0.4 is 24.3 Å². The summed E-state index contributed by atoms with van der Waals surface area (Å²) in [4.78, 5) is 26.6. The highest BCUT2D eigenvalue weighted by Gasteiger charge is 2.20. The fraction of sp³-hybridized carbons (Fsp3) is 0.333. The lowest BCUT2D eigenvalue weighted by Gasteiger charge is -2.17. The van der Waals surface area contributed by atoms with E-state index in [9.17, 15) is 9.59 Å². The third-order valence-electron chi connectivity index (χ3n) is 5.26. The molecule has 2 amide bonds. The van der Waals surface area contributed by atoms with Crippen LogP contribution in [0, 0.1) is 0 Å². The number of rotatable bonds is 9. The van der Waals surface area contributed by atoms with Crippen molar-refractivity contribution in [2.24, 2.45) is 0 Å². The largest absolute Gasteiger partial charge is 0.493 e. The summed E-state index contributed by atoms with van der Waals surface area (Å²) < 4.78 is 21.2. The first-order valence-electron chi connectivity index (χ1n) is 10.2. The van der Waals surface area contributed by atoms with Gasteiger partial charge in [0.05, 0.1) is 34.9 Å². The Balaban J connectivity index is 1.57. The van der Waals surface area contributed by atoms with Crippen LogP contribution in [0.1, 0.15) is 23.1 Å². The predicted octanol–water partition coefficient (Wildman–Crippen LogP) is 2.78. The van der Waals surface area contributed by atoms with E-state index < -0.39 is 0 Å². The van der Waals surface area contributed by atoms with E-state index in [0.717, 1.165) is 16.7 Å². The fourth-order valence-electron chi connectivity index (χ4n) is 3.46. The number of carbonyl (C=O) groups excluding carboxylic acids is 2. The molecule has 8 heteroatoms. The van der Waals surface area contributed by atoms with Crippen molar-refractivity contribution in [3.8, 4) is 23.0 Å². The van der Waals surface area contributed by atoms with E-state index in [1.165, 1.54) is 0 Å². The van der Waals surface area contributed by atoms with E-state index >= 15 is 0 Å². The van der Waals surface area contributed by atoms with Crippen molar-refractivity contribution in [1.82, 2.24) is 10.2 Å². The summed E-state index contributed by atoms with van der Waals surface area (Å²) in [6.45, 7) is 0.642. The number of benzene rings is 2.